The summed E-state index contributed by atoms with van der Waals surface area (Å²) in [6.07, 6.45) is 0. The molecule has 0 nitrogen and oxygen atoms in total. The highest BCUT2D eigenvalue weighted by Gasteiger charge is 1.87. The second-order valence-electron chi connectivity index (χ2n) is 0.935. The Balaban J connectivity index is 2.54. The lowest BCUT2D eigenvalue weighted by Crippen LogP contribution is -1.89. The summed E-state index contributed by atoms with van der Waals surface area (Å²) in [6.45, 7) is 1.18. The van der Waals surface area contributed by atoms with E-state index in [0.29, 0.717) is 0 Å². The lowest BCUT2D eigenvalue weighted by molar-refractivity contribution is 0.491. The van der Waals surface area contributed by atoms with Gasteiger partial charge in [0.15, 0.2) is 0 Å². The molecular formula is C3H6ClF. The quantitative estimate of drug-likeness (QED) is 0.435. The van der Waals surface area contributed by atoms with Gasteiger partial charge in [0, 0.05) is 0 Å². The van der Waals surface area contributed by atoms with Crippen molar-refractivity contribution in [3.63, 3.8) is 0 Å². The minimum Gasteiger partial charge on any atom is -0.249 e. The first-order chi connectivity index (χ1) is 2.27. The van der Waals surface area contributed by atoms with E-state index in [4.69, 9.17) is 11.6 Å². The van der Waals surface area contributed by atoms with E-state index in [0.717, 1.165) is 0 Å². The van der Waals surface area contributed by atoms with Crippen LogP contribution in [0.5, 0.6) is 0 Å². The van der Waals surface area contributed by atoms with Gasteiger partial charge in [-0.05, 0) is 6.92 Å². The van der Waals surface area contributed by atoms with Crippen molar-refractivity contribution in [2.45, 2.75) is 12.3 Å². The van der Waals surface area contributed by atoms with Gasteiger partial charge in [0.25, 0.3) is 0 Å². The van der Waals surface area contributed by atoms with Crippen LogP contribution < -0.4 is 0 Å². The fourth-order valence-electron chi connectivity index (χ4n) is 0. The smallest absolute Gasteiger partial charge is 0.105 e. The van der Waals surface area contributed by atoms with Crippen LogP contribution >= 0.6 is 11.6 Å². The van der Waals surface area contributed by atoms with Crippen LogP contribution in [0.3, 0.4) is 0 Å². The molecule has 0 rings (SSSR count). The monoisotopic (exact) mass is 96.0 g/mol. The lowest BCUT2D eigenvalue weighted by Gasteiger charge is -1.84. The van der Waals surface area contributed by atoms with Gasteiger partial charge in [-0.25, -0.2) is 4.39 Å². The van der Waals surface area contributed by atoms with E-state index in [2.05, 4.69) is 0 Å². The minimum atomic E-state index is -0.429. The molecule has 0 saturated carbocycles. The highest BCUT2D eigenvalue weighted by molar-refractivity contribution is 6.20. The molecule has 0 fully saturated rings. The van der Waals surface area contributed by atoms with Gasteiger partial charge >= 0.3 is 0 Å². The Hall–Kier alpha value is 0.220. The predicted octanol–water partition coefficient (Wildman–Crippen LogP) is 1.58. The molecule has 5 heavy (non-hydrogen) atoms. The van der Waals surface area contributed by atoms with Crippen LogP contribution in [-0.4, -0.2) is 12.1 Å². The van der Waals surface area contributed by atoms with E-state index in [-0.39, 0.29) is 5.38 Å². The molecule has 0 spiro atoms. The fraction of sp³-hybridized carbons (Fsp3) is 1.00. The normalized spacial score (nSPS) is 15.0. The van der Waals surface area contributed by atoms with Crippen molar-refractivity contribution in [2.75, 3.05) is 6.67 Å². The molecule has 1 atom stereocenters. The average molecular weight is 96.5 g/mol. The first kappa shape index (κ1) is 5.22. The molecule has 0 bridgehead atoms. The van der Waals surface area contributed by atoms with Crippen molar-refractivity contribution in [3.05, 3.63) is 0 Å². The maximum Gasteiger partial charge on any atom is 0.105 e. The fourth-order valence-corrected chi connectivity index (χ4v) is 0. The number of halogens is 2. The second kappa shape index (κ2) is 2.46. The summed E-state index contributed by atoms with van der Waals surface area (Å²) in [5.41, 5.74) is 0. The van der Waals surface area contributed by atoms with E-state index >= 15 is 0 Å². The third-order valence-corrected chi connectivity index (χ3v) is 0.329. The zero-order chi connectivity index (χ0) is 4.28. The molecule has 0 aromatic rings. The number of hydrogen-bond donors (Lipinski definition) is 0. The van der Waals surface area contributed by atoms with Crippen molar-refractivity contribution in [2.24, 2.45) is 0 Å². The maximum absolute atomic E-state index is 11.0. The topological polar surface area (TPSA) is 0 Å². The Morgan fingerprint density at radius 3 is 2.20 bits per heavy atom. The Kier molecular flexibility index (Phi) is 2.57. The van der Waals surface area contributed by atoms with Gasteiger partial charge < -0.3 is 0 Å². The molecular weight excluding hydrogens is 90.5 g/mol. The van der Waals surface area contributed by atoms with Crippen molar-refractivity contribution >= 4 is 11.6 Å². The van der Waals surface area contributed by atoms with Gasteiger partial charge in [0.2, 0.25) is 0 Å². The lowest BCUT2D eigenvalue weighted by atomic mass is 10.5. The molecule has 1 unspecified atom stereocenters. The van der Waals surface area contributed by atoms with Crippen LogP contribution in [0.25, 0.3) is 0 Å². The Labute approximate surface area is 35.9 Å². The number of alkyl halides is 2. The summed E-state index contributed by atoms with van der Waals surface area (Å²) in [4.78, 5) is 0. The molecule has 2 heteroatoms. The van der Waals surface area contributed by atoms with Crippen molar-refractivity contribution < 1.29 is 4.39 Å². The molecule has 0 amide bonds. The second-order valence-corrected chi connectivity index (χ2v) is 1.68. The molecule has 32 valence electrons. The summed E-state index contributed by atoms with van der Waals surface area (Å²) in [5.74, 6) is 0. The highest BCUT2D eigenvalue weighted by atomic mass is 35.5. The maximum atomic E-state index is 11.0. The van der Waals surface area contributed by atoms with Crippen LogP contribution in [0, 0.1) is 0 Å². The largest absolute Gasteiger partial charge is 0.249 e. The number of hydrogen-bond acceptors (Lipinski definition) is 0. The molecule has 0 heterocycles. The van der Waals surface area contributed by atoms with Crippen molar-refractivity contribution in [3.8, 4) is 0 Å². The average Bonchev–Trinajstić information content (AvgIpc) is 1.38. The van der Waals surface area contributed by atoms with Gasteiger partial charge in [0.05, 0.1) is 5.38 Å². The molecule has 0 saturated heterocycles. The molecule has 0 radical (unpaired) electrons. The summed E-state index contributed by atoms with van der Waals surface area (Å²) >= 11 is 5.09. The molecule has 0 aliphatic carbocycles. The van der Waals surface area contributed by atoms with E-state index in [1.807, 2.05) is 0 Å². The Morgan fingerprint density at radius 1 is 2.00 bits per heavy atom. The van der Waals surface area contributed by atoms with Crippen LogP contribution in [0.15, 0.2) is 0 Å². The van der Waals surface area contributed by atoms with E-state index in [9.17, 15) is 4.39 Å². The summed E-state index contributed by atoms with van der Waals surface area (Å²) in [7, 11) is 0. The SMILES string of the molecule is CC(Cl)CF. The molecule has 0 aromatic carbocycles. The molecule has 0 aliphatic rings. The Morgan fingerprint density at radius 2 is 2.20 bits per heavy atom. The third kappa shape index (κ3) is 4.22. The molecule has 0 N–H and O–H groups in total. The van der Waals surface area contributed by atoms with Crippen LogP contribution in [0.1, 0.15) is 6.92 Å². The van der Waals surface area contributed by atoms with E-state index < -0.39 is 6.67 Å². The zero-order valence-electron chi connectivity index (χ0n) is 3.04. The molecule has 0 aromatic heterocycles. The minimum absolute atomic E-state index is 0.310. The zero-order valence-corrected chi connectivity index (χ0v) is 3.80. The van der Waals surface area contributed by atoms with Crippen LogP contribution in [0.4, 0.5) is 4.39 Å². The third-order valence-electron chi connectivity index (χ3n) is 0.213. The highest BCUT2D eigenvalue weighted by Crippen LogP contribution is 1.90. The summed E-state index contributed by atoms with van der Waals surface area (Å²) in [5, 5.41) is -0.310. The van der Waals surface area contributed by atoms with Crippen LogP contribution in [0.2, 0.25) is 0 Å². The summed E-state index contributed by atoms with van der Waals surface area (Å²) < 4.78 is 11.0. The first-order valence-electron chi connectivity index (χ1n) is 1.47. The van der Waals surface area contributed by atoms with Gasteiger partial charge in [-0.3, -0.25) is 0 Å². The van der Waals surface area contributed by atoms with Gasteiger partial charge in [-0.15, -0.1) is 11.6 Å². The van der Waals surface area contributed by atoms with E-state index in [1.54, 1.807) is 6.92 Å². The molecule has 0 aliphatic heterocycles. The van der Waals surface area contributed by atoms with Gasteiger partial charge in [0.1, 0.15) is 6.67 Å². The standard InChI is InChI=1S/C3H6ClF/c1-3(4)2-5/h3H,2H2,1H3. The van der Waals surface area contributed by atoms with Gasteiger partial charge in [-0.2, -0.15) is 0 Å². The van der Waals surface area contributed by atoms with Gasteiger partial charge in [-0.1, -0.05) is 0 Å². The predicted molar refractivity (Wildman–Crippen MR) is 21.3 cm³/mol. The van der Waals surface area contributed by atoms with E-state index in [1.165, 1.54) is 0 Å². The van der Waals surface area contributed by atoms with Crippen molar-refractivity contribution in [1.82, 2.24) is 0 Å². The van der Waals surface area contributed by atoms with Crippen LogP contribution in [-0.2, 0) is 0 Å². The first-order valence-corrected chi connectivity index (χ1v) is 1.91. The Bertz CT molecular complexity index is 20.9. The van der Waals surface area contributed by atoms with Crippen molar-refractivity contribution in [1.29, 1.82) is 0 Å². The number of rotatable bonds is 1. The summed E-state index contributed by atoms with van der Waals surface area (Å²) in [6, 6.07) is 0.